The van der Waals surface area contributed by atoms with Gasteiger partial charge in [0.2, 0.25) is 5.91 Å². The van der Waals surface area contributed by atoms with E-state index >= 15 is 0 Å². The van der Waals surface area contributed by atoms with E-state index in [-0.39, 0.29) is 0 Å². The molecule has 1 amide bonds. The number of nitriles is 1. The average Bonchev–Trinajstić information content (AvgIpc) is 2.52. The van der Waals surface area contributed by atoms with Gasteiger partial charge in [-0.15, -0.1) is 0 Å². The van der Waals surface area contributed by atoms with Gasteiger partial charge in [-0.1, -0.05) is 6.08 Å². The van der Waals surface area contributed by atoms with Gasteiger partial charge in [-0.05, 0) is 6.92 Å². The van der Waals surface area contributed by atoms with Crippen LogP contribution in [-0.4, -0.2) is 53.1 Å². The van der Waals surface area contributed by atoms with Crippen molar-refractivity contribution in [3.8, 4) is 6.07 Å². The van der Waals surface area contributed by atoms with Crippen molar-refractivity contribution in [1.29, 1.82) is 5.26 Å². The molecule has 2 rings (SSSR count). The Balaban J connectivity index is 2.63. The van der Waals surface area contributed by atoms with E-state index in [2.05, 4.69) is 0 Å². The number of allylic oxidation sites excluding steroid dienone is 1. The molecular formula is C11H11N2O6S-. The summed E-state index contributed by atoms with van der Waals surface area (Å²) in [5.41, 5.74) is 0. The summed E-state index contributed by atoms with van der Waals surface area (Å²) >= 11 is 0. The number of hydrogen-bond acceptors (Lipinski definition) is 7. The van der Waals surface area contributed by atoms with Gasteiger partial charge in [-0.25, -0.2) is 8.42 Å². The maximum Gasteiger partial charge on any atom is 0.232 e. The molecule has 0 radical (unpaired) electrons. The molecule has 20 heavy (non-hydrogen) atoms. The van der Waals surface area contributed by atoms with Crippen molar-refractivity contribution >= 4 is 21.7 Å². The van der Waals surface area contributed by atoms with E-state index in [9.17, 15) is 23.1 Å². The number of aliphatic hydroxyl groups excluding tert-OH is 1. The molecule has 2 aliphatic rings. The van der Waals surface area contributed by atoms with Gasteiger partial charge >= 0.3 is 0 Å². The summed E-state index contributed by atoms with van der Waals surface area (Å²) in [5.74, 6) is -3.63. The molecule has 0 bridgehead atoms. The highest BCUT2D eigenvalue weighted by Gasteiger charge is 2.71. The third-order valence-electron chi connectivity index (χ3n) is 3.85. The van der Waals surface area contributed by atoms with Crippen LogP contribution in [0, 0.1) is 17.2 Å². The number of carbonyl (C=O) groups excluding carboxylic acids is 2. The van der Waals surface area contributed by atoms with Gasteiger partial charge < -0.3 is 19.9 Å². The first kappa shape index (κ1) is 14.5. The largest absolute Gasteiger partial charge is 0.548 e. The van der Waals surface area contributed by atoms with Crippen LogP contribution in [0.25, 0.3) is 0 Å². The van der Waals surface area contributed by atoms with Crippen molar-refractivity contribution in [3.05, 3.63) is 12.2 Å². The smallest absolute Gasteiger partial charge is 0.232 e. The first-order valence-electron chi connectivity index (χ1n) is 5.68. The molecule has 2 saturated heterocycles. The van der Waals surface area contributed by atoms with Gasteiger partial charge in [0, 0.05) is 6.08 Å². The predicted molar refractivity (Wildman–Crippen MR) is 62.1 cm³/mol. The number of amides is 1. The van der Waals surface area contributed by atoms with E-state index in [1.54, 1.807) is 6.07 Å². The Hall–Kier alpha value is -1.92. The Morgan fingerprint density at radius 1 is 1.65 bits per heavy atom. The Morgan fingerprint density at radius 2 is 2.25 bits per heavy atom. The van der Waals surface area contributed by atoms with Crippen LogP contribution in [0.2, 0.25) is 0 Å². The number of carboxylic acids is 1. The number of rotatable bonds is 3. The maximum absolute atomic E-state index is 12.5. The summed E-state index contributed by atoms with van der Waals surface area (Å²) in [4.78, 5) is 23.7. The maximum atomic E-state index is 12.5. The summed E-state index contributed by atoms with van der Waals surface area (Å²) in [6, 6.07) is -0.118. The van der Waals surface area contributed by atoms with E-state index in [0.717, 1.165) is 19.1 Å². The second kappa shape index (κ2) is 4.29. The van der Waals surface area contributed by atoms with E-state index in [4.69, 9.17) is 10.4 Å². The highest BCUT2D eigenvalue weighted by atomic mass is 32.2. The fourth-order valence-corrected chi connectivity index (χ4v) is 5.25. The second-order valence-electron chi connectivity index (χ2n) is 4.84. The summed E-state index contributed by atoms with van der Waals surface area (Å²) < 4.78 is 23.0. The molecule has 108 valence electrons. The number of hydrogen-bond donors (Lipinski definition) is 1. The van der Waals surface area contributed by atoms with Gasteiger partial charge in [-0.3, -0.25) is 4.79 Å². The highest BCUT2D eigenvalue weighted by Crippen LogP contribution is 2.49. The number of nitrogens with zero attached hydrogens (tertiary/aromatic N) is 2. The summed E-state index contributed by atoms with van der Waals surface area (Å²) in [5, 5.41) is 27.4. The first-order chi connectivity index (χ1) is 9.24. The molecule has 9 heteroatoms. The number of β-lactam (4-membered cyclic amide) rings is 1. The monoisotopic (exact) mass is 299 g/mol. The Bertz CT molecular complexity index is 648. The quantitative estimate of drug-likeness (QED) is 0.437. The zero-order chi connectivity index (χ0) is 15.3. The molecule has 0 aromatic rings. The molecule has 4 atom stereocenters. The number of aliphatic hydroxyl groups is 1. The van der Waals surface area contributed by atoms with Gasteiger partial charge in [0.15, 0.2) is 9.84 Å². The molecule has 2 heterocycles. The number of carbonyl (C=O) groups is 2. The summed E-state index contributed by atoms with van der Waals surface area (Å²) in [6.45, 7) is 0.438. The number of fused-ring (bicyclic) bond motifs is 1. The minimum absolute atomic E-state index is 0.683. The molecule has 0 aromatic heterocycles. The normalized spacial score (nSPS) is 38.4. The van der Waals surface area contributed by atoms with Crippen LogP contribution < -0.4 is 5.11 Å². The van der Waals surface area contributed by atoms with Gasteiger partial charge in [0.1, 0.15) is 10.1 Å². The van der Waals surface area contributed by atoms with Crippen molar-refractivity contribution < 1.29 is 28.2 Å². The lowest BCUT2D eigenvalue weighted by Gasteiger charge is -2.43. The van der Waals surface area contributed by atoms with Crippen LogP contribution in [0.3, 0.4) is 0 Å². The summed E-state index contributed by atoms with van der Waals surface area (Å²) in [6.07, 6.45) is 1.81. The molecule has 0 aromatic carbocycles. The molecule has 1 N–H and O–H groups in total. The van der Waals surface area contributed by atoms with Crippen LogP contribution in [0.5, 0.6) is 0 Å². The number of carboxylic acid groups (broad SMARTS) is 1. The third-order valence-corrected chi connectivity index (χ3v) is 6.63. The van der Waals surface area contributed by atoms with Crippen molar-refractivity contribution in [2.75, 3.05) is 6.61 Å². The second-order valence-corrected chi connectivity index (χ2v) is 7.29. The minimum atomic E-state index is -4.10. The minimum Gasteiger partial charge on any atom is -0.548 e. The van der Waals surface area contributed by atoms with Gasteiger partial charge in [-0.2, -0.15) is 5.26 Å². The first-order valence-corrected chi connectivity index (χ1v) is 7.23. The molecule has 0 saturated carbocycles. The lowest BCUT2D eigenvalue weighted by atomic mass is 9.91. The van der Waals surface area contributed by atoms with Gasteiger partial charge in [0.25, 0.3) is 0 Å². The number of aliphatic carboxylic acids is 1. The Kier molecular flexibility index (Phi) is 3.11. The van der Waals surface area contributed by atoms with E-state index < -0.39 is 50.4 Å². The predicted octanol–water partition coefficient (Wildman–Crippen LogP) is -2.85. The van der Waals surface area contributed by atoms with Crippen LogP contribution in [0.15, 0.2) is 12.2 Å². The van der Waals surface area contributed by atoms with Crippen molar-refractivity contribution in [1.82, 2.24) is 4.90 Å². The van der Waals surface area contributed by atoms with E-state index in [1.165, 1.54) is 0 Å². The van der Waals surface area contributed by atoms with Crippen LogP contribution in [0.1, 0.15) is 6.92 Å². The average molecular weight is 299 g/mol. The lowest BCUT2D eigenvalue weighted by Crippen LogP contribution is -2.66. The number of sulfone groups is 1. The van der Waals surface area contributed by atoms with Crippen molar-refractivity contribution in [2.24, 2.45) is 5.92 Å². The highest BCUT2D eigenvalue weighted by molar-refractivity contribution is 7.94. The fourth-order valence-electron chi connectivity index (χ4n) is 2.79. The molecule has 0 spiro atoms. The standard InChI is InChI=1S/C11H12N2O6S/c1-11(3-2-4-12)7(10(16)17)13-8(15)6(5-14)9(13)20(11,18)19/h2-3,6-7,9,14H,5H2,1H3,(H,16,17)/p-1/b3-2-/t6-,7+,9-,11+/m1/s1. The van der Waals surface area contributed by atoms with Crippen molar-refractivity contribution in [3.63, 3.8) is 0 Å². The van der Waals surface area contributed by atoms with Crippen LogP contribution >= 0.6 is 0 Å². The Morgan fingerprint density at radius 3 is 2.70 bits per heavy atom. The molecule has 0 unspecified atom stereocenters. The third kappa shape index (κ3) is 1.46. The molecule has 2 fully saturated rings. The molecule has 2 aliphatic heterocycles. The topological polar surface area (TPSA) is 139 Å². The fraction of sp³-hybridized carbons (Fsp3) is 0.545. The molecule has 0 aliphatic carbocycles. The molecule has 8 nitrogen and oxygen atoms in total. The van der Waals surface area contributed by atoms with E-state index in [1.807, 2.05) is 0 Å². The SMILES string of the molecule is C[C@]1(/C=C\C#N)[C@H](C(=O)[O-])N2C(=O)[C@@H](CO)[C@H]2S1(=O)=O. The van der Waals surface area contributed by atoms with Gasteiger partial charge in [0.05, 0.1) is 30.6 Å². The summed E-state index contributed by atoms with van der Waals surface area (Å²) in [7, 11) is -4.10. The van der Waals surface area contributed by atoms with E-state index in [0.29, 0.717) is 4.90 Å². The zero-order valence-electron chi connectivity index (χ0n) is 10.4. The van der Waals surface area contributed by atoms with Crippen LogP contribution in [0.4, 0.5) is 0 Å². The molecular weight excluding hydrogens is 288 g/mol. The Labute approximate surface area is 114 Å². The van der Waals surface area contributed by atoms with Crippen molar-refractivity contribution in [2.45, 2.75) is 23.1 Å². The zero-order valence-corrected chi connectivity index (χ0v) is 11.2. The lowest BCUT2D eigenvalue weighted by molar-refractivity contribution is -0.312. The van der Waals surface area contributed by atoms with Crippen LogP contribution in [-0.2, 0) is 19.4 Å².